The van der Waals surface area contributed by atoms with Crippen LogP contribution in [0.5, 0.6) is 0 Å². The minimum absolute atomic E-state index is 0. The Kier molecular flexibility index (Phi) is 6.03. The monoisotopic (exact) mass is 400 g/mol. The summed E-state index contributed by atoms with van der Waals surface area (Å²) < 4.78 is 1.06. The third kappa shape index (κ3) is 3.54. The van der Waals surface area contributed by atoms with Gasteiger partial charge in [-0.1, -0.05) is 28.1 Å². The van der Waals surface area contributed by atoms with Crippen LogP contribution in [0.2, 0.25) is 0 Å². The van der Waals surface area contributed by atoms with Gasteiger partial charge in [0.25, 0.3) is 5.91 Å². The maximum Gasteiger partial charge on any atom is 0.264 e. The van der Waals surface area contributed by atoms with Crippen molar-refractivity contribution in [2.75, 3.05) is 13.1 Å². The molecule has 1 atom stereocenters. The van der Waals surface area contributed by atoms with Gasteiger partial charge in [0, 0.05) is 28.5 Å². The number of hydrogen-bond acceptors (Lipinski definition) is 3. The van der Waals surface area contributed by atoms with Crippen molar-refractivity contribution in [3.63, 3.8) is 0 Å². The number of nitrogens with two attached hydrogens (primary N) is 1. The highest BCUT2D eigenvalue weighted by atomic mass is 79.9. The van der Waals surface area contributed by atoms with Crippen molar-refractivity contribution in [3.8, 4) is 10.4 Å². The molecule has 0 radical (unpaired) electrons. The van der Waals surface area contributed by atoms with Gasteiger partial charge in [0.1, 0.15) is 0 Å². The molecule has 1 aromatic carbocycles. The van der Waals surface area contributed by atoms with E-state index in [0.29, 0.717) is 6.54 Å². The van der Waals surface area contributed by atoms with E-state index in [4.69, 9.17) is 5.73 Å². The molecule has 1 aliphatic rings. The number of halogens is 2. The standard InChI is InChI=1S/C16H17BrN2OS.ClH/c17-12-5-3-11(4-6-12)14-7-8-15(21-14)16(20)19-9-1-2-13(19)10-18;/h3-8,13H,1-2,9-10,18H2;1H. The Morgan fingerprint density at radius 3 is 2.68 bits per heavy atom. The van der Waals surface area contributed by atoms with E-state index in [-0.39, 0.29) is 24.4 Å². The van der Waals surface area contributed by atoms with Gasteiger partial charge in [-0.05, 0) is 42.7 Å². The average Bonchev–Trinajstić information content (AvgIpc) is 3.16. The maximum absolute atomic E-state index is 12.6. The van der Waals surface area contributed by atoms with Gasteiger partial charge in [-0.15, -0.1) is 23.7 Å². The molecule has 6 heteroatoms. The first-order valence-corrected chi connectivity index (χ1v) is 8.67. The maximum atomic E-state index is 12.6. The third-order valence-electron chi connectivity index (χ3n) is 3.86. The highest BCUT2D eigenvalue weighted by Crippen LogP contribution is 2.31. The Bertz CT molecular complexity index is 644. The SMILES string of the molecule is Cl.NCC1CCCN1C(=O)c1ccc(-c2ccc(Br)cc2)s1. The number of rotatable bonds is 3. The number of likely N-dealkylation sites (tertiary alicyclic amines) is 1. The summed E-state index contributed by atoms with van der Waals surface area (Å²) in [5.74, 6) is 0.122. The van der Waals surface area contributed by atoms with Gasteiger partial charge in [-0.2, -0.15) is 0 Å². The lowest BCUT2D eigenvalue weighted by Gasteiger charge is -2.22. The van der Waals surface area contributed by atoms with Gasteiger partial charge in [0.05, 0.1) is 4.88 Å². The number of benzene rings is 1. The molecule has 1 amide bonds. The molecule has 0 bridgehead atoms. The summed E-state index contributed by atoms with van der Waals surface area (Å²) in [5, 5.41) is 0. The predicted molar refractivity (Wildman–Crippen MR) is 97.8 cm³/mol. The molecule has 0 saturated carbocycles. The molecule has 1 saturated heterocycles. The average molecular weight is 402 g/mol. The van der Waals surface area contributed by atoms with Crippen LogP contribution in [0.4, 0.5) is 0 Å². The van der Waals surface area contributed by atoms with E-state index in [1.165, 1.54) is 0 Å². The minimum Gasteiger partial charge on any atom is -0.334 e. The summed E-state index contributed by atoms with van der Waals surface area (Å²) in [7, 11) is 0. The van der Waals surface area contributed by atoms with Crippen molar-refractivity contribution in [3.05, 3.63) is 45.7 Å². The Labute approximate surface area is 149 Å². The largest absolute Gasteiger partial charge is 0.334 e. The van der Waals surface area contributed by atoms with Gasteiger partial charge >= 0.3 is 0 Å². The van der Waals surface area contributed by atoms with Crippen LogP contribution >= 0.6 is 39.7 Å². The summed E-state index contributed by atoms with van der Waals surface area (Å²) in [6.45, 7) is 1.38. The van der Waals surface area contributed by atoms with Gasteiger partial charge in [-0.3, -0.25) is 4.79 Å². The van der Waals surface area contributed by atoms with Crippen molar-refractivity contribution in [1.29, 1.82) is 0 Å². The normalized spacial score (nSPS) is 17.4. The lowest BCUT2D eigenvalue weighted by atomic mass is 10.2. The second-order valence-corrected chi connectivity index (χ2v) is 7.20. The number of carbonyl (C=O) groups excluding carboxylic acids is 1. The first kappa shape index (κ1) is 17.5. The van der Waals surface area contributed by atoms with E-state index >= 15 is 0 Å². The molecular weight excluding hydrogens is 384 g/mol. The lowest BCUT2D eigenvalue weighted by molar-refractivity contribution is 0.0746. The number of carbonyl (C=O) groups is 1. The summed E-state index contributed by atoms with van der Waals surface area (Å²) in [4.78, 5) is 16.4. The van der Waals surface area contributed by atoms with Crippen molar-refractivity contribution in [2.24, 2.45) is 5.73 Å². The zero-order valence-corrected chi connectivity index (χ0v) is 15.2. The van der Waals surface area contributed by atoms with Gasteiger partial charge < -0.3 is 10.6 Å². The molecule has 1 aliphatic heterocycles. The highest BCUT2D eigenvalue weighted by molar-refractivity contribution is 9.10. The summed E-state index contributed by atoms with van der Waals surface area (Å²) in [5.41, 5.74) is 6.89. The van der Waals surface area contributed by atoms with Crippen LogP contribution in [0.1, 0.15) is 22.5 Å². The molecule has 1 unspecified atom stereocenters. The molecule has 3 nitrogen and oxygen atoms in total. The van der Waals surface area contributed by atoms with E-state index in [0.717, 1.165) is 39.2 Å². The van der Waals surface area contributed by atoms with E-state index in [2.05, 4.69) is 28.1 Å². The van der Waals surface area contributed by atoms with E-state index in [1.807, 2.05) is 29.2 Å². The van der Waals surface area contributed by atoms with Crippen molar-refractivity contribution < 1.29 is 4.79 Å². The molecule has 0 spiro atoms. The molecule has 1 aromatic heterocycles. The molecule has 2 heterocycles. The number of amides is 1. The Morgan fingerprint density at radius 1 is 1.27 bits per heavy atom. The van der Waals surface area contributed by atoms with Gasteiger partial charge in [0.2, 0.25) is 0 Å². The smallest absolute Gasteiger partial charge is 0.264 e. The quantitative estimate of drug-likeness (QED) is 0.839. The van der Waals surface area contributed by atoms with Crippen LogP contribution in [-0.4, -0.2) is 29.9 Å². The number of thiophene rings is 1. The molecular formula is C16H18BrClN2OS. The van der Waals surface area contributed by atoms with Crippen molar-refractivity contribution in [2.45, 2.75) is 18.9 Å². The molecule has 2 aromatic rings. The highest BCUT2D eigenvalue weighted by Gasteiger charge is 2.29. The van der Waals surface area contributed by atoms with Crippen molar-refractivity contribution in [1.82, 2.24) is 4.90 Å². The fraction of sp³-hybridized carbons (Fsp3) is 0.312. The van der Waals surface area contributed by atoms with Crippen LogP contribution in [0, 0.1) is 0 Å². The molecule has 2 N–H and O–H groups in total. The number of hydrogen-bond donors (Lipinski definition) is 1. The third-order valence-corrected chi connectivity index (χ3v) is 5.51. The molecule has 1 fully saturated rings. The zero-order chi connectivity index (χ0) is 14.8. The van der Waals surface area contributed by atoms with Crippen LogP contribution in [0.3, 0.4) is 0 Å². The predicted octanol–water partition coefficient (Wildman–Crippen LogP) is 4.16. The van der Waals surface area contributed by atoms with Crippen LogP contribution in [-0.2, 0) is 0 Å². The first-order chi connectivity index (χ1) is 10.2. The summed E-state index contributed by atoms with van der Waals surface area (Å²) >= 11 is 4.99. The van der Waals surface area contributed by atoms with Crippen LogP contribution in [0.15, 0.2) is 40.9 Å². The Hall–Kier alpha value is -0.880. The van der Waals surface area contributed by atoms with E-state index < -0.39 is 0 Å². The summed E-state index contributed by atoms with van der Waals surface area (Å²) in [6, 6.07) is 12.3. The number of nitrogens with zero attached hydrogens (tertiary/aromatic N) is 1. The van der Waals surface area contributed by atoms with Crippen LogP contribution in [0.25, 0.3) is 10.4 Å². The van der Waals surface area contributed by atoms with E-state index in [1.54, 1.807) is 11.3 Å². The molecule has 118 valence electrons. The fourth-order valence-electron chi connectivity index (χ4n) is 2.71. The summed E-state index contributed by atoms with van der Waals surface area (Å²) in [6.07, 6.45) is 2.08. The second kappa shape index (κ2) is 7.59. The second-order valence-electron chi connectivity index (χ2n) is 5.20. The van der Waals surface area contributed by atoms with Gasteiger partial charge in [0.15, 0.2) is 0 Å². The zero-order valence-electron chi connectivity index (χ0n) is 12.0. The Morgan fingerprint density at radius 2 is 2.00 bits per heavy atom. The minimum atomic E-state index is 0. The van der Waals surface area contributed by atoms with Crippen LogP contribution < -0.4 is 5.73 Å². The Balaban J connectivity index is 0.00000176. The lowest BCUT2D eigenvalue weighted by Crippen LogP contribution is -2.39. The van der Waals surface area contributed by atoms with Crippen molar-refractivity contribution >= 4 is 45.6 Å². The topological polar surface area (TPSA) is 46.3 Å². The van der Waals surface area contributed by atoms with Gasteiger partial charge in [-0.25, -0.2) is 0 Å². The molecule has 22 heavy (non-hydrogen) atoms. The van der Waals surface area contributed by atoms with E-state index in [9.17, 15) is 4.79 Å². The molecule has 3 rings (SSSR count). The fourth-order valence-corrected chi connectivity index (χ4v) is 3.94. The molecule has 0 aliphatic carbocycles. The first-order valence-electron chi connectivity index (χ1n) is 7.06.